The van der Waals surface area contributed by atoms with Crippen molar-refractivity contribution in [3.63, 3.8) is 0 Å². The molecule has 3 N–H and O–H groups in total. The summed E-state index contributed by atoms with van der Waals surface area (Å²) in [5, 5.41) is 3.09. The van der Waals surface area contributed by atoms with E-state index in [-0.39, 0.29) is 24.0 Å². The molecule has 0 aromatic heterocycles. The molecule has 0 saturated carbocycles. The fourth-order valence-electron chi connectivity index (χ4n) is 2.64. The van der Waals surface area contributed by atoms with Crippen LogP contribution in [0.1, 0.15) is 12.8 Å². The van der Waals surface area contributed by atoms with Crippen LogP contribution in [0, 0.1) is 0 Å². The Kier molecular flexibility index (Phi) is 10.0. The van der Waals surface area contributed by atoms with Crippen molar-refractivity contribution in [3.05, 3.63) is 24.3 Å². The summed E-state index contributed by atoms with van der Waals surface area (Å²) >= 11 is 0. The molecule has 0 radical (unpaired) electrons. The zero-order valence-electron chi connectivity index (χ0n) is 14.7. The Balaban J connectivity index is 0.00000288. The highest BCUT2D eigenvalue weighted by molar-refractivity contribution is 14.0. The summed E-state index contributed by atoms with van der Waals surface area (Å²) in [5.74, 6) is 1.20. The standard InChI is InChI=1S/C17H29N5O.HI/c1-21-11-13-22(14-12-21)10-6-5-9-19-17(18)20-15-7-3-4-8-16(15)23-2;/h3-4,7-8H,5-6,9-14H2,1-2H3,(H3,18,19,20);1H. The minimum atomic E-state index is 0. The minimum absolute atomic E-state index is 0. The minimum Gasteiger partial charge on any atom is -0.495 e. The molecule has 1 aliphatic heterocycles. The number of guanidine groups is 1. The number of likely N-dealkylation sites (N-methyl/N-ethyl adjacent to an activating group) is 1. The van der Waals surface area contributed by atoms with Gasteiger partial charge in [0.25, 0.3) is 0 Å². The van der Waals surface area contributed by atoms with Crippen molar-refractivity contribution in [2.75, 3.05) is 58.7 Å². The monoisotopic (exact) mass is 447 g/mol. The largest absolute Gasteiger partial charge is 0.495 e. The summed E-state index contributed by atoms with van der Waals surface area (Å²) in [6, 6.07) is 7.68. The van der Waals surface area contributed by atoms with Crippen molar-refractivity contribution in [2.24, 2.45) is 10.7 Å². The van der Waals surface area contributed by atoms with Gasteiger partial charge < -0.3 is 25.6 Å². The highest BCUT2D eigenvalue weighted by Gasteiger charge is 2.12. The zero-order chi connectivity index (χ0) is 16.5. The van der Waals surface area contributed by atoms with Gasteiger partial charge in [0.05, 0.1) is 12.8 Å². The molecule has 7 heteroatoms. The lowest BCUT2D eigenvalue weighted by molar-refractivity contribution is 0.152. The second-order valence-corrected chi connectivity index (χ2v) is 5.94. The van der Waals surface area contributed by atoms with Gasteiger partial charge in [-0.15, -0.1) is 24.0 Å². The highest BCUT2D eigenvalue weighted by atomic mass is 127. The Morgan fingerprint density at radius 1 is 1.21 bits per heavy atom. The van der Waals surface area contributed by atoms with Crippen molar-refractivity contribution >= 4 is 35.6 Å². The van der Waals surface area contributed by atoms with Gasteiger partial charge in [-0.05, 0) is 38.6 Å². The highest BCUT2D eigenvalue weighted by Crippen LogP contribution is 2.22. The van der Waals surface area contributed by atoms with E-state index in [0.717, 1.165) is 37.4 Å². The summed E-state index contributed by atoms with van der Waals surface area (Å²) in [5.41, 5.74) is 6.78. The zero-order valence-corrected chi connectivity index (χ0v) is 17.0. The molecule has 1 heterocycles. The van der Waals surface area contributed by atoms with Crippen molar-refractivity contribution < 1.29 is 4.74 Å². The van der Waals surface area contributed by atoms with Crippen LogP contribution in [0.4, 0.5) is 5.69 Å². The van der Waals surface area contributed by atoms with E-state index in [9.17, 15) is 0 Å². The summed E-state index contributed by atoms with van der Waals surface area (Å²) in [7, 11) is 3.83. The van der Waals surface area contributed by atoms with Gasteiger partial charge >= 0.3 is 0 Å². The van der Waals surface area contributed by atoms with Crippen LogP contribution in [-0.4, -0.2) is 69.2 Å². The molecule has 0 spiro atoms. The van der Waals surface area contributed by atoms with Gasteiger partial charge in [0.2, 0.25) is 0 Å². The fourth-order valence-corrected chi connectivity index (χ4v) is 2.64. The second-order valence-electron chi connectivity index (χ2n) is 5.94. The molecule has 24 heavy (non-hydrogen) atoms. The van der Waals surface area contributed by atoms with Gasteiger partial charge in [-0.3, -0.25) is 4.99 Å². The van der Waals surface area contributed by atoms with Gasteiger partial charge in [-0.25, -0.2) is 0 Å². The number of methoxy groups -OCH3 is 1. The van der Waals surface area contributed by atoms with Gasteiger partial charge in [-0.2, -0.15) is 0 Å². The number of aliphatic imine (C=N–C) groups is 1. The molecule has 6 nitrogen and oxygen atoms in total. The summed E-state index contributed by atoms with van der Waals surface area (Å²) in [6.07, 6.45) is 2.22. The van der Waals surface area contributed by atoms with Crippen molar-refractivity contribution in [3.8, 4) is 5.75 Å². The number of halogens is 1. The number of nitrogens with one attached hydrogen (secondary N) is 1. The number of piperazine rings is 1. The molecule has 136 valence electrons. The predicted octanol–water partition coefficient (Wildman–Crippen LogP) is 2.07. The fraction of sp³-hybridized carbons (Fsp3) is 0.588. The number of rotatable bonds is 7. The molecule has 0 amide bonds. The van der Waals surface area contributed by atoms with Crippen LogP contribution in [0.25, 0.3) is 0 Å². The van der Waals surface area contributed by atoms with E-state index >= 15 is 0 Å². The van der Waals surface area contributed by atoms with Gasteiger partial charge in [0.1, 0.15) is 5.75 Å². The predicted molar refractivity (Wildman–Crippen MR) is 112 cm³/mol. The third kappa shape index (κ3) is 7.23. The lowest BCUT2D eigenvalue weighted by Crippen LogP contribution is -2.44. The van der Waals surface area contributed by atoms with Gasteiger partial charge in [0.15, 0.2) is 5.96 Å². The first-order valence-corrected chi connectivity index (χ1v) is 8.30. The first-order valence-electron chi connectivity index (χ1n) is 8.30. The SMILES string of the molecule is COc1ccccc1NC(N)=NCCCCN1CCN(C)CC1.I. The van der Waals surface area contributed by atoms with Gasteiger partial charge in [-0.1, -0.05) is 12.1 Å². The number of nitrogens with zero attached hydrogens (tertiary/aromatic N) is 3. The molecule has 1 fully saturated rings. The number of unbranched alkanes of at least 4 members (excludes halogenated alkanes) is 1. The lowest BCUT2D eigenvalue weighted by atomic mass is 10.2. The van der Waals surface area contributed by atoms with Crippen molar-refractivity contribution in [2.45, 2.75) is 12.8 Å². The molecule has 1 aromatic carbocycles. The quantitative estimate of drug-likeness (QED) is 0.290. The summed E-state index contributed by atoms with van der Waals surface area (Å²) < 4.78 is 5.28. The average Bonchev–Trinajstić information content (AvgIpc) is 2.57. The van der Waals surface area contributed by atoms with E-state index in [2.05, 4.69) is 27.2 Å². The van der Waals surface area contributed by atoms with Crippen LogP contribution in [0.3, 0.4) is 0 Å². The summed E-state index contributed by atoms with van der Waals surface area (Å²) in [6.45, 7) is 6.61. The molecular weight excluding hydrogens is 417 g/mol. The van der Waals surface area contributed by atoms with Crippen LogP contribution in [-0.2, 0) is 0 Å². The first kappa shape index (κ1) is 21.0. The van der Waals surface area contributed by atoms with Crippen LogP contribution >= 0.6 is 24.0 Å². The maximum absolute atomic E-state index is 5.94. The second kappa shape index (κ2) is 11.5. The molecule has 1 saturated heterocycles. The number of para-hydroxylation sites is 2. The topological polar surface area (TPSA) is 66.1 Å². The number of hydrogen-bond donors (Lipinski definition) is 2. The first-order chi connectivity index (χ1) is 11.2. The number of ether oxygens (including phenoxy) is 1. The van der Waals surface area contributed by atoms with Gasteiger partial charge in [0, 0.05) is 32.7 Å². The third-order valence-corrected chi connectivity index (χ3v) is 4.13. The van der Waals surface area contributed by atoms with E-state index in [1.807, 2.05) is 24.3 Å². The summed E-state index contributed by atoms with van der Waals surface area (Å²) in [4.78, 5) is 9.30. The van der Waals surface area contributed by atoms with E-state index in [1.54, 1.807) is 7.11 Å². The molecule has 1 aliphatic rings. The van der Waals surface area contributed by atoms with E-state index in [4.69, 9.17) is 10.5 Å². The van der Waals surface area contributed by atoms with Crippen LogP contribution in [0.2, 0.25) is 0 Å². The molecule has 0 bridgehead atoms. The Hall–Kier alpha value is -1.06. The Morgan fingerprint density at radius 2 is 1.92 bits per heavy atom. The number of anilines is 1. The lowest BCUT2D eigenvalue weighted by Gasteiger charge is -2.32. The van der Waals surface area contributed by atoms with Crippen molar-refractivity contribution in [1.29, 1.82) is 0 Å². The number of nitrogens with two attached hydrogens (primary N) is 1. The molecular formula is C17H30IN5O. The van der Waals surface area contributed by atoms with Crippen LogP contribution < -0.4 is 15.8 Å². The molecule has 0 unspecified atom stereocenters. The third-order valence-electron chi connectivity index (χ3n) is 4.13. The van der Waals surface area contributed by atoms with Crippen LogP contribution in [0.5, 0.6) is 5.75 Å². The Labute approximate surface area is 162 Å². The normalized spacial score (nSPS) is 16.5. The maximum Gasteiger partial charge on any atom is 0.193 e. The number of benzene rings is 1. The molecule has 1 aromatic rings. The Morgan fingerprint density at radius 3 is 2.62 bits per heavy atom. The average molecular weight is 447 g/mol. The molecule has 2 rings (SSSR count). The van der Waals surface area contributed by atoms with E-state index in [1.165, 1.54) is 26.2 Å². The van der Waals surface area contributed by atoms with Crippen LogP contribution in [0.15, 0.2) is 29.3 Å². The maximum atomic E-state index is 5.94. The molecule has 0 aliphatic carbocycles. The number of hydrogen-bond acceptors (Lipinski definition) is 4. The smallest absolute Gasteiger partial charge is 0.193 e. The van der Waals surface area contributed by atoms with Crippen molar-refractivity contribution in [1.82, 2.24) is 9.80 Å². The van der Waals surface area contributed by atoms with E-state index in [0.29, 0.717) is 5.96 Å². The van der Waals surface area contributed by atoms with E-state index < -0.39 is 0 Å². The Bertz CT molecular complexity index is 504. The molecule has 0 atom stereocenters.